The SMILES string of the molecule is OCCN(CCO)CCO.OCCN(CCO)CCO.OCCN(CCO)CCO. The summed E-state index contributed by atoms with van der Waals surface area (Å²) in [4.78, 5) is 5.38. The van der Waals surface area contributed by atoms with E-state index in [1.165, 1.54) is 0 Å². The van der Waals surface area contributed by atoms with Gasteiger partial charge >= 0.3 is 0 Å². The molecule has 186 valence electrons. The molecule has 0 aliphatic carbocycles. The van der Waals surface area contributed by atoms with Crippen LogP contribution in [-0.4, -0.2) is 179 Å². The van der Waals surface area contributed by atoms with Crippen molar-refractivity contribution in [3.8, 4) is 0 Å². The van der Waals surface area contributed by atoms with E-state index in [9.17, 15) is 0 Å². The van der Waals surface area contributed by atoms with Crippen molar-refractivity contribution in [2.24, 2.45) is 0 Å². The predicted molar refractivity (Wildman–Crippen MR) is 113 cm³/mol. The fourth-order valence-electron chi connectivity index (χ4n) is 2.28. The molecule has 0 saturated carbocycles. The molecule has 0 saturated heterocycles. The molecule has 0 heterocycles. The van der Waals surface area contributed by atoms with Gasteiger partial charge in [0.2, 0.25) is 0 Å². The second kappa shape index (κ2) is 30.7. The summed E-state index contributed by atoms with van der Waals surface area (Å²) >= 11 is 0. The summed E-state index contributed by atoms with van der Waals surface area (Å²) in [6.45, 7) is 5.26. The Hall–Kier alpha value is -0.480. The Bertz CT molecular complexity index is 210. The van der Waals surface area contributed by atoms with Crippen LogP contribution in [0.25, 0.3) is 0 Å². The molecule has 0 bridgehead atoms. The molecule has 0 amide bonds. The fraction of sp³-hybridized carbons (Fsp3) is 1.00. The Morgan fingerprint density at radius 1 is 0.233 bits per heavy atom. The zero-order valence-corrected chi connectivity index (χ0v) is 18.1. The van der Waals surface area contributed by atoms with Crippen molar-refractivity contribution < 1.29 is 46.0 Å². The van der Waals surface area contributed by atoms with Gasteiger partial charge in [-0.15, -0.1) is 0 Å². The average Bonchev–Trinajstić information content (AvgIpc) is 2.71. The maximum atomic E-state index is 8.48. The third-order valence-corrected chi connectivity index (χ3v) is 3.75. The average molecular weight is 448 g/mol. The number of aliphatic hydroxyl groups excluding tert-OH is 9. The zero-order chi connectivity index (χ0) is 23.5. The van der Waals surface area contributed by atoms with Gasteiger partial charge in [-0.1, -0.05) is 0 Å². The normalized spacial score (nSPS) is 10.8. The van der Waals surface area contributed by atoms with Gasteiger partial charge in [0.05, 0.1) is 59.5 Å². The van der Waals surface area contributed by atoms with Crippen molar-refractivity contribution in [2.75, 3.05) is 118 Å². The minimum atomic E-state index is 0.0694. The van der Waals surface area contributed by atoms with Crippen LogP contribution >= 0.6 is 0 Å². The van der Waals surface area contributed by atoms with E-state index in [-0.39, 0.29) is 59.5 Å². The minimum Gasteiger partial charge on any atom is -0.395 e. The van der Waals surface area contributed by atoms with E-state index in [4.69, 9.17) is 46.0 Å². The molecular formula is C18H45N3O9. The van der Waals surface area contributed by atoms with Gasteiger partial charge in [0, 0.05) is 58.9 Å². The highest BCUT2D eigenvalue weighted by molar-refractivity contribution is 4.55. The largest absolute Gasteiger partial charge is 0.395 e. The lowest BCUT2D eigenvalue weighted by Crippen LogP contribution is -2.32. The highest BCUT2D eigenvalue weighted by Crippen LogP contribution is 1.85. The summed E-state index contributed by atoms with van der Waals surface area (Å²) in [5, 5.41) is 76.4. The van der Waals surface area contributed by atoms with Crippen LogP contribution in [0, 0.1) is 0 Å². The van der Waals surface area contributed by atoms with E-state index in [0.717, 1.165) is 0 Å². The van der Waals surface area contributed by atoms with Gasteiger partial charge in [-0.3, -0.25) is 14.7 Å². The molecule has 12 heteroatoms. The third kappa shape index (κ3) is 27.5. The van der Waals surface area contributed by atoms with E-state index in [1.807, 2.05) is 0 Å². The second-order valence-electron chi connectivity index (χ2n) is 6.04. The van der Waals surface area contributed by atoms with Crippen LogP contribution in [0.1, 0.15) is 0 Å². The van der Waals surface area contributed by atoms with E-state index >= 15 is 0 Å². The first-order valence-corrected chi connectivity index (χ1v) is 10.2. The van der Waals surface area contributed by atoms with Crippen molar-refractivity contribution in [1.82, 2.24) is 14.7 Å². The Morgan fingerprint density at radius 3 is 0.400 bits per heavy atom. The smallest absolute Gasteiger partial charge is 0.0558 e. The fourth-order valence-corrected chi connectivity index (χ4v) is 2.28. The van der Waals surface area contributed by atoms with E-state index in [0.29, 0.717) is 58.9 Å². The molecule has 30 heavy (non-hydrogen) atoms. The number of aliphatic hydroxyl groups is 9. The molecule has 0 aliphatic rings. The molecule has 0 rings (SSSR count). The first kappa shape index (κ1) is 34.1. The maximum Gasteiger partial charge on any atom is 0.0558 e. The summed E-state index contributed by atoms with van der Waals surface area (Å²) in [5.74, 6) is 0. The molecule has 0 aromatic carbocycles. The number of hydrogen-bond donors (Lipinski definition) is 9. The summed E-state index contributed by atoms with van der Waals surface area (Å²) in [5.41, 5.74) is 0. The molecule has 9 N–H and O–H groups in total. The minimum absolute atomic E-state index is 0.0694. The Balaban J connectivity index is -0.000000364. The number of hydrogen-bond acceptors (Lipinski definition) is 12. The molecule has 0 aromatic heterocycles. The highest BCUT2D eigenvalue weighted by atomic mass is 16.3. The Kier molecular flexibility index (Phi) is 34.9. The Labute approximate surface area is 179 Å². The molecule has 0 unspecified atom stereocenters. The molecule has 12 nitrogen and oxygen atoms in total. The van der Waals surface area contributed by atoms with E-state index < -0.39 is 0 Å². The van der Waals surface area contributed by atoms with Crippen LogP contribution in [0.2, 0.25) is 0 Å². The van der Waals surface area contributed by atoms with Crippen molar-refractivity contribution >= 4 is 0 Å². The standard InChI is InChI=1S/3C6H15NO3/c3*8-4-1-7(2-5-9)3-6-10/h3*8-10H,1-6H2. The number of nitrogens with zero attached hydrogens (tertiary/aromatic N) is 3. The van der Waals surface area contributed by atoms with Crippen LogP contribution in [0.3, 0.4) is 0 Å². The molecule has 0 fully saturated rings. The summed E-state index contributed by atoms with van der Waals surface area (Å²) in [7, 11) is 0. The van der Waals surface area contributed by atoms with Crippen molar-refractivity contribution in [1.29, 1.82) is 0 Å². The van der Waals surface area contributed by atoms with Gasteiger partial charge in [0.25, 0.3) is 0 Å². The lowest BCUT2D eigenvalue weighted by Gasteiger charge is -2.17. The summed E-state index contributed by atoms with van der Waals surface area (Å²) in [6, 6.07) is 0. The van der Waals surface area contributed by atoms with Crippen molar-refractivity contribution in [2.45, 2.75) is 0 Å². The van der Waals surface area contributed by atoms with Gasteiger partial charge in [-0.2, -0.15) is 0 Å². The van der Waals surface area contributed by atoms with E-state index in [2.05, 4.69) is 0 Å². The lowest BCUT2D eigenvalue weighted by molar-refractivity contribution is 0.136. The van der Waals surface area contributed by atoms with Crippen molar-refractivity contribution in [3.63, 3.8) is 0 Å². The van der Waals surface area contributed by atoms with Crippen LogP contribution in [0.15, 0.2) is 0 Å². The lowest BCUT2D eigenvalue weighted by atomic mass is 10.4. The van der Waals surface area contributed by atoms with Crippen LogP contribution in [0.4, 0.5) is 0 Å². The van der Waals surface area contributed by atoms with Gasteiger partial charge in [-0.05, 0) is 0 Å². The predicted octanol–water partition coefficient (Wildman–Crippen LogP) is -5.20. The van der Waals surface area contributed by atoms with Crippen LogP contribution in [-0.2, 0) is 0 Å². The monoisotopic (exact) mass is 447 g/mol. The van der Waals surface area contributed by atoms with Crippen molar-refractivity contribution in [3.05, 3.63) is 0 Å². The van der Waals surface area contributed by atoms with Gasteiger partial charge < -0.3 is 46.0 Å². The van der Waals surface area contributed by atoms with Crippen LogP contribution in [0.5, 0.6) is 0 Å². The summed E-state index contributed by atoms with van der Waals surface area (Å²) in [6.07, 6.45) is 0. The topological polar surface area (TPSA) is 192 Å². The molecular weight excluding hydrogens is 402 g/mol. The zero-order valence-electron chi connectivity index (χ0n) is 18.1. The molecule has 0 aliphatic heterocycles. The summed E-state index contributed by atoms with van der Waals surface area (Å²) < 4.78 is 0. The Morgan fingerprint density at radius 2 is 0.333 bits per heavy atom. The third-order valence-electron chi connectivity index (χ3n) is 3.75. The van der Waals surface area contributed by atoms with Gasteiger partial charge in [-0.25, -0.2) is 0 Å². The molecule has 0 radical (unpaired) electrons. The first-order valence-electron chi connectivity index (χ1n) is 10.2. The van der Waals surface area contributed by atoms with Gasteiger partial charge in [0.15, 0.2) is 0 Å². The van der Waals surface area contributed by atoms with Gasteiger partial charge in [0.1, 0.15) is 0 Å². The molecule has 0 aromatic rings. The quantitative estimate of drug-likeness (QED) is 0.0971. The second-order valence-corrected chi connectivity index (χ2v) is 6.04. The molecule has 0 atom stereocenters. The first-order chi connectivity index (χ1) is 14.5. The molecule has 0 spiro atoms. The number of rotatable bonds is 18. The van der Waals surface area contributed by atoms with E-state index in [1.54, 1.807) is 14.7 Å². The maximum absolute atomic E-state index is 8.48. The van der Waals surface area contributed by atoms with Crippen LogP contribution < -0.4 is 0 Å². The highest BCUT2D eigenvalue weighted by Gasteiger charge is 2.01.